The Hall–Kier alpha value is -3.92. The average molecular weight is 360 g/mol. The van der Waals surface area contributed by atoms with Crippen molar-refractivity contribution >= 4 is 27.7 Å². The number of fused-ring (bicyclic) bond motifs is 5. The second kappa shape index (κ2) is 5.79. The molecule has 0 atom stereocenters. The van der Waals surface area contributed by atoms with Gasteiger partial charge < -0.3 is 0 Å². The lowest BCUT2D eigenvalue weighted by Gasteiger charge is -2.10. The van der Waals surface area contributed by atoms with E-state index >= 15 is 0 Å². The molecular formula is C24H16N4. The maximum atomic E-state index is 4.90. The van der Waals surface area contributed by atoms with Gasteiger partial charge in [-0.1, -0.05) is 42.5 Å². The van der Waals surface area contributed by atoms with Gasteiger partial charge in [0.25, 0.3) is 0 Å². The van der Waals surface area contributed by atoms with Crippen LogP contribution in [0.3, 0.4) is 0 Å². The van der Waals surface area contributed by atoms with E-state index in [1.54, 1.807) is 6.20 Å². The van der Waals surface area contributed by atoms with Crippen molar-refractivity contribution in [1.29, 1.82) is 0 Å². The van der Waals surface area contributed by atoms with Gasteiger partial charge in [-0.05, 0) is 42.0 Å². The minimum Gasteiger partial charge on any atom is -0.294 e. The Morgan fingerprint density at radius 1 is 0.750 bits per heavy atom. The number of para-hydroxylation sites is 1. The Bertz CT molecular complexity index is 1450. The molecule has 6 rings (SSSR count). The fourth-order valence-corrected chi connectivity index (χ4v) is 3.98. The van der Waals surface area contributed by atoms with Gasteiger partial charge in [-0.3, -0.25) is 14.0 Å². The molecule has 0 bridgehead atoms. The molecule has 4 heteroatoms. The van der Waals surface area contributed by atoms with Crippen LogP contribution in [0.15, 0.2) is 97.5 Å². The third-order valence-corrected chi connectivity index (χ3v) is 5.22. The van der Waals surface area contributed by atoms with E-state index in [-0.39, 0.29) is 0 Å². The molecule has 0 radical (unpaired) electrons. The first-order valence-electron chi connectivity index (χ1n) is 9.27. The molecule has 0 saturated heterocycles. The molecule has 0 aliphatic rings. The van der Waals surface area contributed by atoms with Gasteiger partial charge in [0.1, 0.15) is 11.2 Å². The number of imidazole rings is 1. The Labute approximate surface area is 161 Å². The highest BCUT2D eigenvalue weighted by Crippen LogP contribution is 2.33. The van der Waals surface area contributed by atoms with Crippen molar-refractivity contribution in [1.82, 2.24) is 18.9 Å². The lowest BCUT2D eigenvalue weighted by atomic mass is 10.1. The summed E-state index contributed by atoms with van der Waals surface area (Å²) in [5.41, 5.74) is 7.57. The molecule has 0 aliphatic carbocycles. The summed E-state index contributed by atoms with van der Waals surface area (Å²) in [6, 6.07) is 27.2. The SMILES string of the molecule is c1cncc(-c2cccc(-n3c4ccccc4c4nc5ccccn5c43)c2)c1. The zero-order valence-electron chi connectivity index (χ0n) is 15.0. The predicted octanol–water partition coefficient (Wildman–Crippen LogP) is 5.49. The molecule has 0 N–H and O–H groups in total. The zero-order valence-corrected chi connectivity index (χ0v) is 15.0. The highest BCUT2D eigenvalue weighted by molar-refractivity contribution is 6.07. The zero-order chi connectivity index (χ0) is 18.5. The fraction of sp³-hybridized carbons (Fsp3) is 0. The largest absolute Gasteiger partial charge is 0.294 e. The van der Waals surface area contributed by atoms with E-state index in [9.17, 15) is 0 Å². The lowest BCUT2D eigenvalue weighted by Crippen LogP contribution is -1.97. The summed E-state index contributed by atoms with van der Waals surface area (Å²) in [7, 11) is 0. The average Bonchev–Trinajstić information content (AvgIpc) is 3.29. The lowest BCUT2D eigenvalue weighted by molar-refractivity contribution is 1.09. The van der Waals surface area contributed by atoms with Crippen LogP contribution in [-0.2, 0) is 0 Å². The molecule has 0 aliphatic heterocycles. The number of aromatic nitrogens is 4. The third kappa shape index (κ3) is 2.12. The molecular weight excluding hydrogens is 344 g/mol. The first kappa shape index (κ1) is 15.2. The van der Waals surface area contributed by atoms with Crippen molar-refractivity contribution < 1.29 is 0 Å². The van der Waals surface area contributed by atoms with Gasteiger partial charge in [0.15, 0.2) is 5.65 Å². The van der Waals surface area contributed by atoms with Gasteiger partial charge in [-0.15, -0.1) is 0 Å². The van der Waals surface area contributed by atoms with E-state index < -0.39 is 0 Å². The summed E-state index contributed by atoms with van der Waals surface area (Å²) < 4.78 is 4.45. The topological polar surface area (TPSA) is 35.1 Å². The smallest absolute Gasteiger partial charge is 0.150 e. The van der Waals surface area contributed by atoms with Gasteiger partial charge in [-0.25, -0.2) is 4.98 Å². The van der Waals surface area contributed by atoms with E-state index in [0.29, 0.717) is 0 Å². The molecule has 4 nitrogen and oxygen atoms in total. The summed E-state index contributed by atoms with van der Waals surface area (Å²) >= 11 is 0. The number of hydrogen-bond acceptors (Lipinski definition) is 2. The number of rotatable bonds is 2. The molecule has 6 aromatic rings. The van der Waals surface area contributed by atoms with Crippen LogP contribution in [0.25, 0.3) is 44.5 Å². The maximum Gasteiger partial charge on any atom is 0.150 e. The Balaban J connectivity index is 1.72. The molecule has 0 fully saturated rings. The molecule has 0 amide bonds. The van der Waals surface area contributed by atoms with Gasteiger partial charge in [0.2, 0.25) is 0 Å². The highest BCUT2D eigenvalue weighted by atomic mass is 15.1. The summed E-state index contributed by atoms with van der Waals surface area (Å²) in [6.07, 6.45) is 5.77. The number of pyridine rings is 2. The minimum absolute atomic E-state index is 0.954. The minimum atomic E-state index is 0.954. The second-order valence-electron chi connectivity index (χ2n) is 6.86. The number of hydrogen-bond donors (Lipinski definition) is 0. The van der Waals surface area contributed by atoms with E-state index in [0.717, 1.165) is 44.5 Å². The monoisotopic (exact) mass is 360 g/mol. The van der Waals surface area contributed by atoms with Crippen LogP contribution in [0, 0.1) is 0 Å². The normalized spacial score (nSPS) is 11.6. The molecule has 0 spiro atoms. The summed E-state index contributed by atoms with van der Waals surface area (Å²) in [4.78, 5) is 9.17. The van der Waals surface area contributed by atoms with Crippen molar-refractivity contribution in [2.45, 2.75) is 0 Å². The van der Waals surface area contributed by atoms with Gasteiger partial charge in [0.05, 0.1) is 5.52 Å². The Morgan fingerprint density at radius 2 is 1.64 bits per heavy atom. The molecule has 132 valence electrons. The quantitative estimate of drug-likeness (QED) is 0.409. The van der Waals surface area contributed by atoms with Gasteiger partial charge >= 0.3 is 0 Å². The van der Waals surface area contributed by atoms with Crippen LogP contribution >= 0.6 is 0 Å². The number of benzene rings is 2. The second-order valence-corrected chi connectivity index (χ2v) is 6.86. The molecule has 0 saturated carbocycles. The van der Waals surface area contributed by atoms with Crippen LogP contribution in [0.5, 0.6) is 0 Å². The van der Waals surface area contributed by atoms with Crippen LogP contribution in [-0.4, -0.2) is 18.9 Å². The van der Waals surface area contributed by atoms with Crippen molar-refractivity contribution in [3.63, 3.8) is 0 Å². The molecule has 4 aromatic heterocycles. The van der Waals surface area contributed by atoms with Crippen molar-refractivity contribution in [3.05, 3.63) is 97.5 Å². The van der Waals surface area contributed by atoms with Crippen molar-refractivity contribution in [3.8, 4) is 16.8 Å². The predicted molar refractivity (Wildman–Crippen MR) is 113 cm³/mol. The Kier molecular flexibility index (Phi) is 3.14. The fourth-order valence-electron chi connectivity index (χ4n) is 3.98. The summed E-state index contributed by atoms with van der Waals surface area (Å²) in [5, 5.41) is 1.16. The Morgan fingerprint density at radius 3 is 2.57 bits per heavy atom. The van der Waals surface area contributed by atoms with Gasteiger partial charge in [-0.2, -0.15) is 0 Å². The molecule has 4 heterocycles. The molecule has 28 heavy (non-hydrogen) atoms. The highest BCUT2D eigenvalue weighted by Gasteiger charge is 2.17. The third-order valence-electron chi connectivity index (χ3n) is 5.22. The van der Waals surface area contributed by atoms with E-state index in [4.69, 9.17) is 4.98 Å². The van der Waals surface area contributed by atoms with Crippen molar-refractivity contribution in [2.24, 2.45) is 0 Å². The first-order chi connectivity index (χ1) is 13.9. The number of nitrogens with zero attached hydrogens (tertiary/aromatic N) is 4. The maximum absolute atomic E-state index is 4.90. The van der Waals surface area contributed by atoms with E-state index in [1.165, 1.54) is 0 Å². The first-order valence-corrected chi connectivity index (χ1v) is 9.27. The standard InChI is InChI=1S/C24H16N4/c1-2-11-21-20(10-1)23-24(27-14-4-3-12-22(27)26-23)28(21)19-9-5-7-17(15-19)18-8-6-13-25-16-18/h1-16H. The van der Waals surface area contributed by atoms with Crippen molar-refractivity contribution in [2.75, 3.05) is 0 Å². The van der Waals surface area contributed by atoms with Crippen LogP contribution in [0.2, 0.25) is 0 Å². The summed E-state index contributed by atoms with van der Waals surface area (Å²) in [5.74, 6) is 0. The van der Waals surface area contributed by atoms with E-state index in [2.05, 4.69) is 74.7 Å². The van der Waals surface area contributed by atoms with Gasteiger partial charge in [0, 0.05) is 35.2 Å². The van der Waals surface area contributed by atoms with Crippen LogP contribution in [0.4, 0.5) is 0 Å². The molecule has 2 aromatic carbocycles. The van der Waals surface area contributed by atoms with Crippen LogP contribution in [0.1, 0.15) is 0 Å². The molecule has 0 unspecified atom stereocenters. The van der Waals surface area contributed by atoms with E-state index in [1.807, 2.05) is 30.5 Å². The summed E-state index contributed by atoms with van der Waals surface area (Å²) in [6.45, 7) is 0. The van der Waals surface area contributed by atoms with Crippen LogP contribution < -0.4 is 0 Å².